The Bertz CT molecular complexity index is 1040. The molecule has 2 rings (SSSR count). The van der Waals surface area contributed by atoms with Crippen LogP contribution in [0.4, 0.5) is 5.69 Å². The molecule has 1 aromatic carbocycles. The Morgan fingerprint density at radius 3 is 2.19 bits per heavy atom. The van der Waals surface area contributed by atoms with Crippen molar-refractivity contribution in [2.75, 3.05) is 11.4 Å². The normalized spacial score (nSPS) is 12.5. The maximum absolute atomic E-state index is 13.2. The van der Waals surface area contributed by atoms with Crippen molar-refractivity contribution < 1.29 is 17.9 Å². The van der Waals surface area contributed by atoms with Crippen molar-refractivity contribution >= 4 is 21.7 Å². The fraction of sp³-hybridized carbons (Fsp3) is 0.312. The Kier molecular flexibility index (Phi) is 5.36. The number of carbonyl (C=O) groups excluding carboxylic acids is 1. The summed E-state index contributed by atoms with van der Waals surface area (Å²) in [5.41, 5.74) is -0.962. The van der Waals surface area contributed by atoms with Gasteiger partial charge in [-0.05, 0) is 32.9 Å². The molecule has 0 spiro atoms. The number of methoxy groups -OCH3 is 1. The van der Waals surface area contributed by atoms with E-state index in [1.807, 2.05) is 11.9 Å². The molecule has 2 N–H and O–H groups in total. The van der Waals surface area contributed by atoms with Gasteiger partial charge in [0.1, 0.15) is 6.04 Å². The molecule has 0 fully saturated rings. The van der Waals surface area contributed by atoms with Gasteiger partial charge in [0.05, 0.1) is 12.8 Å². The third-order valence-electron chi connectivity index (χ3n) is 3.77. The van der Waals surface area contributed by atoms with Crippen LogP contribution in [0.25, 0.3) is 0 Å². The van der Waals surface area contributed by atoms with Crippen LogP contribution in [0.5, 0.6) is 0 Å². The molecule has 0 saturated carbocycles. The number of benzene rings is 1. The summed E-state index contributed by atoms with van der Waals surface area (Å²) in [5.74, 6) is -0.798. The highest BCUT2D eigenvalue weighted by molar-refractivity contribution is 7.93. The molecule has 1 aromatic heterocycles. The molecule has 2 aromatic rings. The molecule has 0 unspecified atom stereocenters. The lowest BCUT2D eigenvalue weighted by Gasteiger charge is -2.28. The molecule has 1 atom stereocenters. The van der Waals surface area contributed by atoms with Crippen molar-refractivity contribution in [3.63, 3.8) is 0 Å². The predicted molar refractivity (Wildman–Crippen MR) is 94.7 cm³/mol. The van der Waals surface area contributed by atoms with E-state index >= 15 is 0 Å². The number of nitrogens with one attached hydrogen (secondary N) is 2. The predicted octanol–water partition coefficient (Wildman–Crippen LogP) is 0.437. The summed E-state index contributed by atoms with van der Waals surface area (Å²) < 4.78 is 31.9. The molecule has 9 nitrogen and oxygen atoms in total. The van der Waals surface area contributed by atoms with Gasteiger partial charge in [0.25, 0.3) is 15.6 Å². The third-order valence-corrected chi connectivity index (χ3v) is 5.83. The van der Waals surface area contributed by atoms with Gasteiger partial charge in [0, 0.05) is 5.69 Å². The van der Waals surface area contributed by atoms with Crippen molar-refractivity contribution in [1.29, 1.82) is 0 Å². The summed E-state index contributed by atoms with van der Waals surface area (Å²) in [5, 5.41) is 0. The van der Waals surface area contributed by atoms with Crippen molar-refractivity contribution in [2.24, 2.45) is 0 Å². The highest BCUT2D eigenvalue weighted by Crippen LogP contribution is 2.26. The van der Waals surface area contributed by atoms with Crippen LogP contribution in [0.3, 0.4) is 0 Å². The van der Waals surface area contributed by atoms with Crippen LogP contribution in [0.2, 0.25) is 0 Å². The molecule has 26 heavy (non-hydrogen) atoms. The minimum absolute atomic E-state index is 0.132. The summed E-state index contributed by atoms with van der Waals surface area (Å²) in [6, 6.07) is 5.14. The van der Waals surface area contributed by atoms with E-state index in [9.17, 15) is 22.8 Å². The SMILES string of the molecule is COC(=O)[C@H](C)N(c1ccc(C)cc1)S(=O)(=O)c1c(C)[nH]c(=O)[nH]c1=O. The van der Waals surface area contributed by atoms with Gasteiger partial charge in [-0.2, -0.15) is 0 Å². The third kappa shape index (κ3) is 3.54. The lowest BCUT2D eigenvalue weighted by atomic mass is 10.2. The van der Waals surface area contributed by atoms with Crippen LogP contribution in [0.1, 0.15) is 18.2 Å². The molecule has 0 amide bonds. The van der Waals surface area contributed by atoms with E-state index in [1.165, 1.54) is 26.0 Å². The zero-order chi connectivity index (χ0) is 19.6. The number of sulfonamides is 1. The lowest BCUT2D eigenvalue weighted by Crippen LogP contribution is -2.46. The topological polar surface area (TPSA) is 129 Å². The summed E-state index contributed by atoms with van der Waals surface area (Å²) in [4.78, 5) is 39.0. The first kappa shape index (κ1) is 19.4. The van der Waals surface area contributed by atoms with Gasteiger partial charge in [-0.1, -0.05) is 17.7 Å². The largest absolute Gasteiger partial charge is 0.467 e. The van der Waals surface area contributed by atoms with Crippen LogP contribution in [-0.4, -0.2) is 37.5 Å². The zero-order valence-electron chi connectivity index (χ0n) is 14.7. The number of aromatic nitrogens is 2. The average molecular weight is 381 g/mol. The number of aryl methyl sites for hydroxylation is 2. The maximum atomic E-state index is 13.2. The monoisotopic (exact) mass is 381 g/mol. The molecule has 0 bridgehead atoms. The highest BCUT2D eigenvalue weighted by atomic mass is 32.2. The Balaban J connectivity index is 2.76. The smallest absolute Gasteiger partial charge is 0.329 e. The maximum Gasteiger partial charge on any atom is 0.329 e. The first-order valence-electron chi connectivity index (χ1n) is 7.61. The van der Waals surface area contributed by atoms with Gasteiger partial charge in [0.15, 0.2) is 4.90 Å². The fourth-order valence-electron chi connectivity index (χ4n) is 2.53. The van der Waals surface area contributed by atoms with Gasteiger partial charge in [-0.3, -0.25) is 14.1 Å². The number of hydrogen-bond donors (Lipinski definition) is 2. The molecule has 0 radical (unpaired) electrons. The average Bonchev–Trinajstić information content (AvgIpc) is 2.54. The number of aromatic amines is 2. The summed E-state index contributed by atoms with van der Waals surface area (Å²) in [7, 11) is -3.35. The Hall–Kier alpha value is -2.88. The van der Waals surface area contributed by atoms with Gasteiger partial charge < -0.3 is 9.72 Å². The zero-order valence-corrected chi connectivity index (χ0v) is 15.5. The molecular formula is C16H19N3O6S. The van der Waals surface area contributed by atoms with Crippen LogP contribution >= 0.6 is 0 Å². The minimum Gasteiger partial charge on any atom is -0.467 e. The molecule has 140 valence electrons. The van der Waals surface area contributed by atoms with E-state index in [2.05, 4.69) is 9.72 Å². The number of nitrogens with zero attached hydrogens (tertiary/aromatic N) is 1. The first-order chi connectivity index (χ1) is 12.1. The van der Waals surface area contributed by atoms with Gasteiger partial charge in [0.2, 0.25) is 0 Å². The molecule has 10 heteroatoms. The number of carbonyl (C=O) groups is 1. The van der Waals surface area contributed by atoms with E-state index < -0.39 is 38.2 Å². The number of esters is 1. The summed E-state index contributed by atoms with van der Waals surface area (Å²) in [6.45, 7) is 4.46. The van der Waals surface area contributed by atoms with E-state index in [1.54, 1.807) is 12.1 Å². The van der Waals surface area contributed by atoms with Crippen LogP contribution < -0.4 is 15.6 Å². The standard InChI is InChI=1S/C16H19N3O6S/c1-9-5-7-12(8-6-9)19(11(3)15(21)25-4)26(23,24)13-10(2)17-16(22)18-14(13)20/h5-8,11H,1-4H3,(H2,17,18,20,22)/t11-/m0/s1. The molecule has 0 aliphatic heterocycles. The second-order valence-corrected chi connectivity index (χ2v) is 7.45. The Morgan fingerprint density at radius 2 is 1.69 bits per heavy atom. The molecule has 0 aliphatic carbocycles. The summed E-state index contributed by atoms with van der Waals surface area (Å²) >= 11 is 0. The highest BCUT2D eigenvalue weighted by Gasteiger charge is 2.37. The van der Waals surface area contributed by atoms with Crippen molar-refractivity contribution in [3.8, 4) is 0 Å². The number of anilines is 1. The number of ether oxygens (including phenoxy) is 1. The van der Waals surface area contributed by atoms with Crippen LogP contribution in [0, 0.1) is 13.8 Å². The second kappa shape index (κ2) is 7.16. The second-order valence-electron chi connectivity index (χ2n) is 5.70. The van der Waals surface area contributed by atoms with Crippen LogP contribution in [-0.2, 0) is 19.6 Å². The number of H-pyrrole nitrogens is 2. The Labute approximate surface area is 149 Å². The fourth-order valence-corrected chi connectivity index (χ4v) is 4.35. The van der Waals surface area contributed by atoms with E-state index in [0.29, 0.717) is 0 Å². The molecule has 1 heterocycles. The van der Waals surface area contributed by atoms with Crippen molar-refractivity contribution in [3.05, 3.63) is 56.4 Å². The van der Waals surface area contributed by atoms with E-state index in [4.69, 9.17) is 0 Å². The minimum atomic E-state index is -4.48. The number of hydrogen-bond acceptors (Lipinski definition) is 6. The number of rotatable bonds is 5. The van der Waals surface area contributed by atoms with Crippen molar-refractivity contribution in [2.45, 2.75) is 31.7 Å². The van der Waals surface area contributed by atoms with Gasteiger partial charge in [-0.15, -0.1) is 0 Å². The quantitative estimate of drug-likeness (QED) is 0.723. The molecular weight excluding hydrogens is 362 g/mol. The lowest BCUT2D eigenvalue weighted by molar-refractivity contribution is -0.141. The molecule has 0 saturated heterocycles. The molecule has 0 aliphatic rings. The first-order valence-corrected chi connectivity index (χ1v) is 9.05. The van der Waals surface area contributed by atoms with Gasteiger partial charge >= 0.3 is 11.7 Å². The van der Waals surface area contributed by atoms with Gasteiger partial charge in [-0.25, -0.2) is 18.0 Å². The van der Waals surface area contributed by atoms with Crippen LogP contribution in [0.15, 0.2) is 38.8 Å². The summed E-state index contributed by atoms with van der Waals surface area (Å²) in [6.07, 6.45) is 0. The van der Waals surface area contributed by atoms with E-state index in [0.717, 1.165) is 17.0 Å². The van der Waals surface area contributed by atoms with Crippen molar-refractivity contribution in [1.82, 2.24) is 9.97 Å². The Morgan fingerprint density at radius 1 is 1.12 bits per heavy atom. The van der Waals surface area contributed by atoms with E-state index in [-0.39, 0.29) is 11.4 Å².